The van der Waals surface area contributed by atoms with Crippen molar-refractivity contribution in [2.24, 2.45) is 0 Å². The second kappa shape index (κ2) is 6.40. The highest BCUT2D eigenvalue weighted by Crippen LogP contribution is 2.30. The van der Waals surface area contributed by atoms with Crippen molar-refractivity contribution in [3.8, 4) is 0 Å². The van der Waals surface area contributed by atoms with E-state index in [1.165, 1.54) is 25.2 Å². The molecule has 26 heavy (non-hydrogen) atoms. The lowest BCUT2D eigenvalue weighted by Gasteiger charge is -2.22. The number of nitrogens with zero attached hydrogens (tertiary/aromatic N) is 2. The van der Waals surface area contributed by atoms with Gasteiger partial charge in [-0.1, -0.05) is 18.2 Å². The van der Waals surface area contributed by atoms with Gasteiger partial charge in [0.1, 0.15) is 0 Å². The van der Waals surface area contributed by atoms with Gasteiger partial charge in [-0.3, -0.25) is 9.10 Å². The largest absolute Gasteiger partial charge is 0.273 e. The molecule has 1 amide bonds. The molecule has 138 valence electrons. The lowest BCUT2D eigenvalue weighted by molar-refractivity contribution is -0.116. The maximum absolute atomic E-state index is 12.9. The van der Waals surface area contributed by atoms with Crippen molar-refractivity contribution in [1.29, 1.82) is 0 Å². The van der Waals surface area contributed by atoms with E-state index < -0.39 is 26.0 Å². The van der Waals surface area contributed by atoms with E-state index in [-0.39, 0.29) is 22.8 Å². The number of sulfonamides is 2. The van der Waals surface area contributed by atoms with E-state index in [1.807, 2.05) is 0 Å². The predicted molar refractivity (Wildman–Crippen MR) is 99.1 cm³/mol. The van der Waals surface area contributed by atoms with Gasteiger partial charge in [-0.2, -0.15) is 0 Å². The molecule has 3 rings (SSSR count). The number of carbonyl (C=O) groups is 1. The summed E-state index contributed by atoms with van der Waals surface area (Å²) >= 11 is 0. The van der Waals surface area contributed by atoms with E-state index in [2.05, 4.69) is 0 Å². The van der Waals surface area contributed by atoms with Gasteiger partial charge in [0.15, 0.2) is 0 Å². The number of anilines is 2. The molecule has 1 aliphatic heterocycles. The molecule has 2 aromatic rings. The van der Waals surface area contributed by atoms with Crippen molar-refractivity contribution in [2.45, 2.75) is 18.2 Å². The summed E-state index contributed by atoms with van der Waals surface area (Å²) in [5.41, 5.74) is 1.03. The van der Waals surface area contributed by atoms with Crippen molar-refractivity contribution in [3.05, 3.63) is 54.1 Å². The Bertz CT molecular complexity index is 1060. The highest BCUT2D eigenvalue weighted by atomic mass is 32.2. The van der Waals surface area contributed by atoms with Crippen LogP contribution >= 0.6 is 0 Å². The number of benzene rings is 2. The third-order valence-electron chi connectivity index (χ3n) is 4.23. The predicted octanol–water partition coefficient (Wildman–Crippen LogP) is 1.89. The minimum absolute atomic E-state index is 0.0525. The van der Waals surface area contributed by atoms with Gasteiger partial charge in [0.25, 0.3) is 10.0 Å². The van der Waals surface area contributed by atoms with E-state index in [4.69, 9.17) is 0 Å². The molecule has 1 aliphatic rings. The number of hydrogen-bond acceptors (Lipinski definition) is 5. The van der Waals surface area contributed by atoms with Crippen LogP contribution in [0.2, 0.25) is 0 Å². The Morgan fingerprint density at radius 1 is 1.08 bits per heavy atom. The van der Waals surface area contributed by atoms with E-state index >= 15 is 0 Å². The van der Waals surface area contributed by atoms with Gasteiger partial charge in [-0.15, -0.1) is 0 Å². The summed E-state index contributed by atoms with van der Waals surface area (Å²) in [4.78, 5) is 11.9. The minimum Gasteiger partial charge on any atom is -0.273 e. The van der Waals surface area contributed by atoms with E-state index in [0.29, 0.717) is 11.3 Å². The molecule has 1 fully saturated rings. The molecule has 1 heterocycles. The fourth-order valence-corrected chi connectivity index (χ4v) is 5.69. The van der Waals surface area contributed by atoms with Gasteiger partial charge in [0, 0.05) is 13.5 Å². The Kier molecular flexibility index (Phi) is 4.53. The second-order valence-electron chi connectivity index (χ2n) is 5.98. The van der Waals surface area contributed by atoms with E-state index in [1.54, 1.807) is 37.3 Å². The summed E-state index contributed by atoms with van der Waals surface area (Å²) < 4.78 is 51.8. The van der Waals surface area contributed by atoms with Crippen LogP contribution in [0.25, 0.3) is 0 Å². The summed E-state index contributed by atoms with van der Waals surface area (Å²) in [6.45, 7) is 1.57. The maximum atomic E-state index is 12.9. The fraction of sp³-hybridized carbons (Fsp3) is 0.235. The van der Waals surface area contributed by atoms with Crippen LogP contribution in [0.15, 0.2) is 53.4 Å². The Balaban J connectivity index is 2.01. The summed E-state index contributed by atoms with van der Waals surface area (Å²) in [5, 5.41) is 0. The standard InChI is InChI=1S/C17H18N2O5S2/c1-13-12-15(19-17(20)10-11-25(19,21)22)8-9-16(13)26(23,24)18(2)14-6-4-3-5-7-14/h3-9,12H,10-11H2,1-2H3. The Morgan fingerprint density at radius 3 is 2.27 bits per heavy atom. The zero-order chi connectivity index (χ0) is 19.1. The molecule has 1 saturated heterocycles. The summed E-state index contributed by atoms with van der Waals surface area (Å²) in [6, 6.07) is 12.7. The van der Waals surface area contributed by atoms with Crippen molar-refractivity contribution in [3.63, 3.8) is 0 Å². The van der Waals surface area contributed by atoms with Gasteiger partial charge in [0.05, 0.1) is 22.0 Å². The average molecular weight is 394 g/mol. The van der Waals surface area contributed by atoms with Crippen molar-refractivity contribution in [2.75, 3.05) is 21.4 Å². The van der Waals surface area contributed by atoms with Crippen LogP contribution in [0.5, 0.6) is 0 Å². The number of aryl methyl sites for hydroxylation is 1. The quantitative estimate of drug-likeness (QED) is 0.790. The first kappa shape index (κ1) is 18.4. The lowest BCUT2D eigenvalue weighted by Crippen LogP contribution is -2.30. The number of rotatable bonds is 4. The van der Waals surface area contributed by atoms with Gasteiger partial charge in [0.2, 0.25) is 15.9 Å². The number of carbonyl (C=O) groups excluding carboxylic acids is 1. The first-order valence-electron chi connectivity index (χ1n) is 7.85. The molecule has 0 bridgehead atoms. The molecule has 0 atom stereocenters. The summed E-state index contributed by atoms with van der Waals surface area (Å²) in [6.07, 6.45) is -0.0713. The SMILES string of the molecule is Cc1cc(N2C(=O)CCS2(=O)=O)ccc1S(=O)(=O)N(C)c1ccccc1. The topological polar surface area (TPSA) is 91.8 Å². The number of hydrogen-bond donors (Lipinski definition) is 0. The molecule has 0 aliphatic carbocycles. The first-order chi connectivity index (χ1) is 12.1. The smallest absolute Gasteiger partial charge is 0.264 e. The maximum Gasteiger partial charge on any atom is 0.264 e. The lowest BCUT2D eigenvalue weighted by atomic mass is 10.2. The average Bonchev–Trinajstić information content (AvgIpc) is 2.87. The Hall–Kier alpha value is -2.39. The monoisotopic (exact) mass is 394 g/mol. The van der Waals surface area contributed by atoms with Crippen LogP contribution in [0.4, 0.5) is 11.4 Å². The Labute approximate surface area is 153 Å². The van der Waals surface area contributed by atoms with Crippen LogP contribution in [0, 0.1) is 6.92 Å². The highest BCUT2D eigenvalue weighted by molar-refractivity contribution is 7.94. The summed E-state index contributed by atoms with van der Waals surface area (Å²) in [5.74, 6) is -0.747. The highest BCUT2D eigenvalue weighted by Gasteiger charge is 2.36. The molecule has 0 N–H and O–H groups in total. The van der Waals surface area contributed by atoms with Crippen LogP contribution in [-0.4, -0.2) is 35.5 Å². The molecule has 9 heteroatoms. The zero-order valence-electron chi connectivity index (χ0n) is 14.3. The molecular weight excluding hydrogens is 376 g/mol. The fourth-order valence-electron chi connectivity index (χ4n) is 2.84. The van der Waals surface area contributed by atoms with Crippen LogP contribution in [-0.2, 0) is 24.8 Å². The van der Waals surface area contributed by atoms with E-state index in [0.717, 1.165) is 8.61 Å². The third kappa shape index (κ3) is 3.08. The molecule has 7 nitrogen and oxygen atoms in total. The van der Waals surface area contributed by atoms with Crippen molar-refractivity contribution >= 4 is 37.3 Å². The molecule has 0 spiro atoms. The molecule has 2 aromatic carbocycles. The molecule has 0 radical (unpaired) electrons. The van der Waals surface area contributed by atoms with Gasteiger partial charge in [-0.05, 0) is 42.8 Å². The minimum atomic E-state index is -3.82. The van der Waals surface area contributed by atoms with Gasteiger partial charge >= 0.3 is 0 Å². The van der Waals surface area contributed by atoms with Crippen LogP contribution in [0.1, 0.15) is 12.0 Å². The number of para-hydroxylation sites is 1. The van der Waals surface area contributed by atoms with Gasteiger partial charge in [-0.25, -0.2) is 21.1 Å². The van der Waals surface area contributed by atoms with Crippen molar-refractivity contribution < 1.29 is 21.6 Å². The molecule has 0 aromatic heterocycles. The third-order valence-corrected chi connectivity index (χ3v) is 7.87. The zero-order valence-corrected chi connectivity index (χ0v) is 15.9. The first-order valence-corrected chi connectivity index (χ1v) is 10.9. The van der Waals surface area contributed by atoms with Crippen molar-refractivity contribution in [1.82, 2.24) is 0 Å². The number of amides is 1. The van der Waals surface area contributed by atoms with Gasteiger partial charge < -0.3 is 0 Å². The molecule has 0 saturated carbocycles. The van der Waals surface area contributed by atoms with E-state index in [9.17, 15) is 21.6 Å². The Morgan fingerprint density at radius 2 is 1.73 bits per heavy atom. The normalized spacial score (nSPS) is 16.7. The van der Waals surface area contributed by atoms with Crippen LogP contribution < -0.4 is 8.61 Å². The summed E-state index contributed by atoms with van der Waals surface area (Å²) in [7, 11) is -6.06. The second-order valence-corrected chi connectivity index (χ2v) is 9.86. The molecule has 0 unspecified atom stereocenters. The molecular formula is C17H18N2O5S2. The van der Waals surface area contributed by atoms with Crippen LogP contribution in [0.3, 0.4) is 0 Å².